The number of ether oxygens (including phenoxy) is 4. The Kier molecular flexibility index (Phi) is 9.99. The van der Waals surface area contributed by atoms with Crippen molar-refractivity contribution in [1.82, 2.24) is 34.0 Å². The van der Waals surface area contributed by atoms with Crippen LogP contribution >= 0.6 is 0 Å². The number of carbonyl (C=O) groups excluding carboxylic acids is 1. The number of amides is 2. The topological polar surface area (TPSA) is 185 Å². The van der Waals surface area contributed by atoms with Gasteiger partial charge >= 0.3 is 16.3 Å². The van der Waals surface area contributed by atoms with E-state index >= 15 is 0 Å². The van der Waals surface area contributed by atoms with Crippen molar-refractivity contribution in [3.05, 3.63) is 12.7 Å². The molecule has 3 fully saturated rings. The number of morpholine rings is 1. The van der Waals surface area contributed by atoms with Gasteiger partial charge in [-0.3, -0.25) is 8.75 Å². The lowest BCUT2D eigenvalue weighted by Crippen LogP contribution is -2.48. The quantitative estimate of drug-likeness (QED) is 0.426. The first-order chi connectivity index (χ1) is 19.5. The van der Waals surface area contributed by atoms with E-state index in [4.69, 9.17) is 28.9 Å². The lowest BCUT2D eigenvalue weighted by Gasteiger charge is -2.27. The molecule has 5 heterocycles. The van der Waals surface area contributed by atoms with Gasteiger partial charge in [-0.15, -0.1) is 0 Å². The van der Waals surface area contributed by atoms with E-state index < -0.39 is 53.3 Å². The molecule has 0 spiro atoms. The fourth-order valence-electron chi connectivity index (χ4n) is 4.87. The third kappa shape index (κ3) is 7.40. The van der Waals surface area contributed by atoms with E-state index in [1.165, 1.54) is 37.2 Å². The Bertz CT molecular complexity index is 1280. The number of nitrogens with two attached hydrogens (primary N) is 1. The van der Waals surface area contributed by atoms with E-state index in [0.29, 0.717) is 24.4 Å². The minimum atomic E-state index is -4.40. The summed E-state index contributed by atoms with van der Waals surface area (Å²) < 4.78 is 56.6. The van der Waals surface area contributed by atoms with Crippen molar-refractivity contribution in [2.24, 2.45) is 0 Å². The SMILES string of the molecule is CC1(C)O[C@@H]2[C@H](O1)[C@@H](COS(=O)(=O)NC(=O)N1CCOCC1)O[C@H]2n1cnc2c(N)ncnc21.CCN(CC)CC. The first kappa shape index (κ1) is 31.3. The second-order valence-electron chi connectivity index (χ2n) is 10.1. The van der Waals surface area contributed by atoms with E-state index in [1.54, 1.807) is 18.4 Å². The molecule has 17 heteroatoms. The minimum Gasteiger partial charge on any atom is -0.382 e. The van der Waals surface area contributed by atoms with E-state index in [-0.39, 0.29) is 18.9 Å². The monoisotopic (exact) mass is 600 g/mol. The molecule has 4 atom stereocenters. The van der Waals surface area contributed by atoms with Crippen LogP contribution in [0.25, 0.3) is 11.2 Å². The smallest absolute Gasteiger partial charge is 0.363 e. The predicted molar refractivity (Wildman–Crippen MR) is 147 cm³/mol. The third-order valence-electron chi connectivity index (χ3n) is 7.03. The summed E-state index contributed by atoms with van der Waals surface area (Å²) in [4.78, 5) is 28.3. The van der Waals surface area contributed by atoms with Crippen molar-refractivity contribution in [1.29, 1.82) is 0 Å². The normalized spacial score (nSPS) is 25.7. The maximum atomic E-state index is 12.4. The predicted octanol–water partition coefficient (Wildman–Crippen LogP) is 0.477. The minimum absolute atomic E-state index is 0.212. The van der Waals surface area contributed by atoms with Crippen molar-refractivity contribution in [3.63, 3.8) is 0 Å². The first-order valence-corrected chi connectivity index (χ1v) is 15.1. The number of fused-ring (bicyclic) bond motifs is 2. The molecule has 0 aliphatic carbocycles. The van der Waals surface area contributed by atoms with Crippen LogP contribution in [-0.4, -0.2) is 120 Å². The van der Waals surface area contributed by atoms with Crippen LogP contribution in [0.5, 0.6) is 0 Å². The molecule has 2 amide bonds. The number of imidazole rings is 1. The molecule has 2 aromatic heterocycles. The van der Waals surface area contributed by atoms with E-state index in [2.05, 4.69) is 40.6 Å². The van der Waals surface area contributed by atoms with Crippen LogP contribution in [0.3, 0.4) is 0 Å². The second kappa shape index (κ2) is 13.1. The Morgan fingerprint density at radius 3 is 2.41 bits per heavy atom. The highest BCUT2D eigenvalue weighted by molar-refractivity contribution is 7.85. The molecule has 16 nitrogen and oxygen atoms in total. The molecule has 3 N–H and O–H groups in total. The summed E-state index contributed by atoms with van der Waals surface area (Å²) in [7, 11) is -4.40. The van der Waals surface area contributed by atoms with Crippen LogP contribution in [-0.2, 0) is 33.4 Å². The van der Waals surface area contributed by atoms with Gasteiger partial charge in [0.05, 0.1) is 26.1 Å². The highest BCUT2D eigenvalue weighted by atomic mass is 32.2. The molecule has 3 aliphatic rings. The molecule has 230 valence electrons. The fraction of sp³-hybridized carbons (Fsp3) is 0.750. The number of carbonyl (C=O) groups is 1. The Labute approximate surface area is 239 Å². The largest absolute Gasteiger partial charge is 0.382 e. The first-order valence-electron chi connectivity index (χ1n) is 13.7. The Hall–Kier alpha value is -2.67. The summed E-state index contributed by atoms with van der Waals surface area (Å²) in [5.74, 6) is -0.729. The number of hydrogen-bond donors (Lipinski definition) is 2. The van der Waals surface area contributed by atoms with Crippen molar-refractivity contribution in [3.8, 4) is 0 Å². The summed E-state index contributed by atoms with van der Waals surface area (Å²) in [6.45, 7) is 14.4. The zero-order valence-electron chi connectivity index (χ0n) is 24.1. The molecule has 41 heavy (non-hydrogen) atoms. The average molecular weight is 601 g/mol. The van der Waals surface area contributed by atoms with E-state index in [9.17, 15) is 13.2 Å². The number of nitrogens with zero attached hydrogens (tertiary/aromatic N) is 6. The summed E-state index contributed by atoms with van der Waals surface area (Å²) in [6, 6.07) is -0.782. The molecular weight excluding hydrogens is 560 g/mol. The molecular formula is C24H40N8O8S. The third-order valence-corrected chi connectivity index (χ3v) is 7.90. The standard InChI is InChI=1S/C18H25N7O8S.C6H15N/c1-18(2)32-12-10(7-30-34(27,28)23-17(26)24-3-5-29-6-4-24)31-16(13(12)33-18)25-9-22-11-14(19)20-8-21-15(11)25;1-4-7(5-2)6-3/h8-10,12-13,16H,3-7H2,1-2H3,(H,23,26)(H2,19,20,21);4-6H2,1-3H3/t10-,12-,13-,16-;/m1./s1. The van der Waals surface area contributed by atoms with Gasteiger partial charge in [-0.1, -0.05) is 20.8 Å². The number of nitrogen functional groups attached to an aromatic ring is 1. The summed E-state index contributed by atoms with van der Waals surface area (Å²) in [5.41, 5.74) is 6.70. The zero-order chi connectivity index (χ0) is 29.8. The van der Waals surface area contributed by atoms with Crippen LogP contribution < -0.4 is 10.5 Å². The van der Waals surface area contributed by atoms with Gasteiger partial charge in [0.2, 0.25) is 0 Å². The molecule has 0 saturated carbocycles. The van der Waals surface area contributed by atoms with E-state index in [0.717, 1.165) is 0 Å². The van der Waals surface area contributed by atoms with Gasteiger partial charge in [0.1, 0.15) is 30.2 Å². The number of aromatic nitrogens is 4. The number of rotatable bonds is 8. The highest BCUT2D eigenvalue weighted by Gasteiger charge is 2.56. The second-order valence-corrected chi connectivity index (χ2v) is 11.4. The van der Waals surface area contributed by atoms with Crippen molar-refractivity contribution >= 4 is 33.3 Å². The summed E-state index contributed by atoms with van der Waals surface area (Å²) in [6.07, 6.45) is -0.0320. The Morgan fingerprint density at radius 1 is 1.12 bits per heavy atom. The number of hydrogen-bond acceptors (Lipinski definition) is 13. The summed E-state index contributed by atoms with van der Waals surface area (Å²) >= 11 is 0. The molecule has 0 aromatic carbocycles. The van der Waals surface area contributed by atoms with Crippen molar-refractivity contribution in [2.75, 3.05) is 58.3 Å². The Balaban J connectivity index is 0.000000493. The van der Waals surface area contributed by atoms with Gasteiger partial charge in [-0.05, 0) is 33.5 Å². The van der Waals surface area contributed by atoms with Gasteiger partial charge in [0.15, 0.2) is 23.5 Å². The summed E-state index contributed by atoms with van der Waals surface area (Å²) in [5, 5.41) is 0. The lowest BCUT2D eigenvalue weighted by molar-refractivity contribution is -0.198. The van der Waals surface area contributed by atoms with Crippen LogP contribution in [0.15, 0.2) is 12.7 Å². The zero-order valence-corrected chi connectivity index (χ0v) is 24.9. The van der Waals surface area contributed by atoms with Crippen LogP contribution in [0.1, 0.15) is 40.8 Å². The van der Waals surface area contributed by atoms with Gasteiger partial charge in [-0.2, -0.15) is 8.42 Å². The number of nitrogens with one attached hydrogen (secondary N) is 1. The highest BCUT2D eigenvalue weighted by Crippen LogP contribution is 2.44. The van der Waals surface area contributed by atoms with Gasteiger partial charge in [0, 0.05) is 13.1 Å². The molecule has 0 bridgehead atoms. The number of urea groups is 1. The molecule has 3 saturated heterocycles. The van der Waals surface area contributed by atoms with Crippen LogP contribution in [0.4, 0.5) is 10.6 Å². The fourth-order valence-corrected chi connectivity index (χ4v) is 5.58. The van der Waals surface area contributed by atoms with Crippen molar-refractivity contribution < 1.29 is 36.3 Å². The van der Waals surface area contributed by atoms with E-state index in [1.807, 2.05) is 4.72 Å². The maximum Gasteiger partial charge on any atom is 0.363 e. The molecule has 0 radical (unpaired) electrons. The van der Waals surface area contributed by atoms with Gasteiger partial charge in [0.25, 0.3) is 0 Å². The molecule has 5 rings (SSSR count). The molecule has 0 unspecified atom stereocenters. The molecule has 2 aromatic rings. The Morgan fingerprint density at radius 2 is 1.78 bits per heavy atom. The van der Waals surface area contributed by atoms with Crippen LogP contribution in [0.2, 0.25) is 0 Å². The molecule has 3 aliphatic heterocycles. The van der Waals surface area contributed by atoms with Gasteiger partial charge in [-0.25, -0.2) is 24.5 Å². The number of anilines is 1. The average Bonchev–Trinajstić information content (AvgIpc) is 3.60. The van der Waals surface area contributed by atoms with Crippen LogP contribution in [0, 0.1) is 0 Å². The van der Waals surface area contributed by atoms with Gasteiger partial charge < -0.3 is 34.5 Å². The van der Waals surface area contributed by atoms with Crippen molar-refractivity contribution in [2.45, 2.75) is 64.9 Å². The lowest BCUT2D eigenvalue weighted by atomic mass is 10.1. The maximum absolute atomic E-state index is 12.4.